The van der Waals surface area contributed by atoms with Crippen molar-refractivity contribution in [2.24, 2.45) is 0 Å². The number of carbonyl (C=O) groups excluding carboxylic acids is 1. The van der Waals surface area contributed by atoms with E-state index in [1.54, 1.807) is 0 Å². The zero-order chi connectivity index (χ0) is 9.84. The monoisotopic (exact) mass is 183 g/mol. The van der Waals surface area contributed by atoms with E-state index in [2.05, 4.69) is 14.7 Å². The third kappa shape index (κ3) is 2.05. The predicted molar refractivity (Wildman–Crippen MR) is 44.3 cm³/mol. The van der Waals surface area contributed by atoms with Gasteiger partial charge in [0.05, 0.1) is 14.2 Å². The molecule has 6 nitrogen and oxygen atoms in total. The van der Waals surface area contributed by atoms with Gasteiger partial charge < -0.3 is 15.2 Å². The van der Waals surface area contributed by atoms with Crippen molar-refractivity contribution < 1.29 is 14.3 Å². The van der Waals surface area contributed by atoms with E-state index in [-0.39, 0.29) is 17.5 Å². The molecule has 0 aliphatic rings. The summed E-state index contributed by atoms with van der Waals surface area (Å²) in [5.74, 6) is -0.375. The minimum atomic E-state index is -0.576. The number of methoxy groups -OCH3 is 2. The molecule has 0 unspecified atom stereocenters. The number of hydrogen-bond acceptors (Lipinski definition) is 6. The number of nitrogens with two attached hydrogens (primary N) is 1. The number of carbonyl (C=O) groups is 1. The number of esters is 1. The highest BCUT2D eigenvalue weighted by Crippen LogP contribution is 2.10. The normalized spacial score (nSPS) is 9.38. The highest BCUT2D eigenvalue weighted by molar-refractivity contribution is 5.87. The molecule has 6 heteroatoms. The van der Waals surface area contributed by atoms with E-state index in [9.17, 15) is 4.79 Å². The number of rotatable bonds is 2. The van der Waals surface area contributed by atoms with Crippen molar-refractivity contribution >= 4 is 11.9 Å². The largest absolute Gasteiger partial charge is 0.481 e. The lowest BCUT2D eigenvalue weighted by atomic mass is 10.4. The minimum Gasteiger partial charge on any atom is -0.481 e. The van der Waals surface area contributed by atoms with E-state index in [0.29, 0.717) is 0 Å². The summed E-state index contributed by atoms with van der Waals surface area (Å²) in [7, 11) is 2.68. The molecule has 0 atom stereocenters. The van der Waals surface area contributed by atoms with Crippen molar-refractivity contribution in [1.82, 2.24) is 9.97 Å². The molecule has 1 aromatic heterocycles. The van der Waals surface area contributed by atoms with E-state index in [4.69, 9.17) is 10.5 Å². The van der Waals surface area contributed by atoms with Crippen molar-refractivity contribution in [2.45, 2.75) is 0 Å². The molecule has 0 aromatic carbocycles. The van der Waals surface area contributed by atoms with Crippen molar-refractivity contribution in [2.75, 3.05) is 20.0 Å². The van der Waals surface area contributed by atoms with Gasteiger partial charge in [-0.25, -0.2) is 9.78 Å². The van der Waals surface area contributed by atoms with Crippen LogP contribution in [0.2, 0.25) is 0 Å². The summed E-state index contributed by atoms with van der Waals surface area (Å²) in [4.78, 5) is 18.4. The van der Waals surface area contributed by atoms with Gasteiger partial charge in [0.15, 0.2) is 5.69 Å². The molecule has 1 heterocycles. The Kier molecular flexibility index (Phi) is 2.63. The molecule has 0 fully saturated rings. The summed E-state index contributed by atoms with van der Waals surface area (Å²) in [5, 5.41) is 0. The van der Waals surface area contributed by atoms with Gasteiger partial charge in [-0.05, 0) is 0 Å². The highest BCUT2D eigenvalue weighted by Gasteiger charge is 2.10. The molecule has 0 saturated heterocycles. The van der Waals surface area contributed by atoms with Gasteiger partial charge in [0.25, 0.3) is 0 Å². The topological polar surface area (TPSA) is 87.3 Å². The Hall–Kier alpha value is -1.85. The second-order valence-corrected chi connectivity index (χ2v) is 2.15. The predicted octanol–water partition coefficient (Wildman–Crippen LogP) is -0.146. The number of nitrogens with zero attached hydrogens (tertiary/aromatic N) is 2. The average molecular weight is 183 g/mol. The fourth-order valence-electron chi connectivity index (χ4n) is 0.757. The Morgan fingerprint density at radius 2 is 2.15 bits per heavy atom. The molecular formula is C7H9N3O3. The van der Waals surface area contributed by atoms with Gasteiger partial charge in [0.2, 0.25) is 11.8 Å². The van der Waals surface area contributed by atoms with Crippen LogP contribution in [0.5, 0.6) is 5.88 Å². The zero-order valence-corrected chi connectivity index (χ0v) is 7.27. The van der Waals surface area contributed by atoms with Gasteiger partial charge in [0, 0.05) is 6.07 Å². The smallest absolute Gasteiger partial charge is 0.357 e. The number of anilines is 1. The lowest BCUT2D eigenvalue weighted by Crippen LogP contribution is -2.08. The van der Waals surface area contributed by atoms with Crippen LogP contribution in [-0.2, 0) is 4.74 Å². The first-order valence-electron chi connectivity index (χ1n) is 3.44. The molecular weight excluding hydrogens is 174 g/mol. The Bertz CT molecular complexity index is 327. The Morgan fingerprint density at radius 1 is 1.46 bits per heavy atom. The van der Waals surface area contributed by atoms with Crippen molar-refractivity contribution in [3.05, 3.63) is 11.8 Å². The Labute approximate surface area is 74.7 Å². The van der Waals surface area contributed by atoms with E-state index in [1.165, 1.54) is 20.3 Å². The molecule has 1 rings (SSSR count). The summed E-state index contributed by atoms with van der Waals surface area (Å²) < 4.78 is 9.24. The maximum atomic E-state index is 11.0. The summed E-state index contributed by atoms with van der Waals surface area (Å²) in [6, 6.07) is 1.35. The molecule has 0 aliphatic carbocycles. The summed E-state index contributed by atoms with van der Waals surface area (Å²) in [5.41, 5.74) is 5.39. The number of nitrogen functional groups attached to an aromatic ring is 1. The lowest BCUT2D eigenvalue weighted by molar-refractivity contribution is 0.0593. The maximum Gasteiger partial charge on any atom is 0.357 e. The van der Waals surface area contributed by atoms with Crippen LogP contribution in [0, 0.1) is 0 Å². The summed E-state index contributed by atoms with van der Waals surface area (Å²) in [6.45, 7) is 0. The second-order valence-electron chi connectivity index (χ2n) is 2.15. The molecule has 13 heavy (non-hydrogen) atoms. The van der Waals surface area contributed by atoms with Crippen LogP contribution in [0.15, 0.2) is 6.07 Å². The fraction of sp³-hybridized carbons (Fsp3) is 0.286. The quantitative estimate of drug-likeness (QED) is 0.642. The summed E-state index contributed by atoms with van der Waals surface area (Å²) in [6.07, 6.45) is 0. The Morgan fingerprint density at radius 3 is 2.69 bits per heavy atom. The Balaban J connectivity index is 3.08. The van der Waals surface area contributed by atoms with E-state index < -0.39 is 5.97 Å². The standard InChI is InChI=1S/C7H9N3O3/c1-12-5-3-4(6(11)13-2)9-7(8)10-5/h3H,1-2H3,(H2,8,9,10). The number of aromatic nitrogens is 2. The van der Waals surface area contributed by atoms with Crippen molar-refractivity contribution in [1.29, 1.82) is 0 Å². The number of hydrogen-bond donors (Lipinski definition) is 1. The van der Waals surface area contributed by atoms with Gasteiger partial charge in [-0.15, -0.1) is 0 Å². The van der Waals surface area contributed by atoms with Crippen molar-refractivity contribution in [3.63, 3.8) is 0 Å². The van der Waals surface area contributed by atoms with Crippen LogP contribution in [0.4, 0.5) is 5.95 Å². The van der Waals surface area contributed by atoms with Gasteiger partial charge in [0.1, 0.15) is 0 Å². The molecule has 0 bridgehead atoms. The van der Waals surface area contributed by atoms with Crippen LogP contribution in [0.25, 0.3) is 0 Å². The molecule has 70 valence electrons. The first kappa shape index (κ1) is 9.24. The SMILES string of the molecule is COC(=O)c1cc(OC)nc(N)n1. The van der Waals surface area contributed by atoms with Crippen LogP contribution in [0.3, 0.4) is 0 Å². The molecule has 2 N–H and O–H groups in total. The van der Waals surface area contributed by atoms with E-state index >= 15 is 0 Å². The van der Waals surface area contributed by atoms with E-state index in [1.807, 2.05) is 0 Å². The molecule has 0 amide bonds. The highest BCUT2D eigenvalue weighted by atomic mass is 16.5. The van der Waals surface area contributed by atoms with Gasteiger partial charge >= 0.3 is 5.97 Å². The number of ether oxygens (including phenoxy) is 2. The molecule has 0 radical (unpaired) electrons. The lowest BCUT2D eigenvalue weighted by Gasteiger charge is -2.02. The average Bonchev–Trinajstić information content (AvgIpc) is 2.15. The van der Waals surface area contributed by atoms with Crippen LogP contribution < -0.4 is 10.5 Å². The first-order chi connectivity index (χ1) is 6.17. The molecule has 0 spiro atoms. The van der Waals surface area contributed by atoms with Crippen LogP contribution in [-0.4, -0.2) is 30.2 Å². The summed E-state index contributed by atoms with van der Waals surface area (Å²) >= 11 is 0. The maximum absolute atomic E-state index is 11.0. The third-order valence-corrected chi connectivity index (χ3v) is 1.32. The van der Waals surface area contributed by atoms with Crippen LogP contribution >= 0.6 is 0 Å². The van der Waals surface area contributed by atoms with Gasteiger partial charge in [-0.2, -0.15) is 4.98 Å². The molecule has 0 aliphatic heterocycles. The van der Waals surface area contributed by atoms with Crippen molar-refractivity contribution in [3.8, 4) is 5.88 Å². The van der Waals surface area contributed by atoms with Gasteiger partial charge in [-0.1, -0.05) is 0 Å². The fourth-order valence-corrected chi connectivity index (χ4v) is 0.757. The first-order valence-corrected chi connectivity index (χ1v) is 3.44. The molecule has 0 saturated carbocycles. The van der Waals surface area contributed by atoms with E-state index in [0.717, 1.165) is 0 Å². The zero-order valence-electron chi connectivity index (χ0n) is 7.27. The van der Waals surface area contributed by atoms with Crippen LogP contribution in [0.1, 0.15) is 10.5 Å². The minimum absolute atomic E-state index is 0.0280. The van der Waals surface area contributed by atoms with Gasteiger partial charge in [-0.3, -0.25) is 0 Å². The second kappa shape index (κ2) is 3.70. The third-order valence-electron chi connectivity index (χ3n) is 1.32. The molecule has 1 aromatic rings.